The van der Waals surface area contributed by atoms with Crippen LogP contribution in [0.3, 0.4) is 0 Å². The number of hydrogen-bond acceptors (Lipinski definition) is 4. The Labute approximate surface area is 110 Å². The fraction of sp³-hybridized carbons (Fsp3) is 0.214. The monoisotopic (exact) mass is 252 g/mol. The van der Waals surface area contributed by atoms with Crippen LogP contribution in [-0.2, 0) is 13.0 Å². The molecule has 5 nitrogen and oxygen atoms in total. The number of benzene rings is 1. The molecule has 0 amide bonds. The Hall–Kier alpha value is -2.61. The molecule has 3 aromatic rings. The topological polar surface area (TPSA) is 67.6 Å². The van der Waals surface area contributed by atoms with E-state index < -0.39 is 0 Å². The zero-order valence-corrected chi connectivity index (χ0v) is 10.5. The van der Waals surface area contributed by atoms with E-state index in [2.05, 4.69) is 16.3 Å². The molecule has 0 aliphatic heterocycles. The van der Waals surface area contributed by atoms with Crippen LogP contribution in [0.1, 0.15) is 24.3 Å². The van der Waals surface area contributed by atoms with Crippen molar-refractivity contribution in [3.63, 3.8) is 0 Å². The van der Waals surface area contributed by atoms with Gasteiger partial charge in [-0.05, 0) is 18.2 Å². The zero-order valence-electron chi connectivity index (χ0n) is 10.5. The maximum atomic E-state index is 9.07. The molecular weight excluding hydrogens is 240 g/mol. The molecule has 0 fully saturated rings. The van der Waals surface area contributed by atoms with Gasteiger partial charge in [0, 0.05) is 23.5 Å². The van der Waals surface area contributed by atoms with E-state index in [-0.39, 0.29) is 0 Å². The lowest BCUT2D eigenvalue weighted by molar-refractivity contribution is 0.444. The Balaban J connectivity index is 2.00. The lowest BCUT2D eigenvalue weighted by Gasteiger charge is -2.01. The summed E-state index contributed by atoms with van der Waals surface area (Å²) < 4.78 is 7.51. The van der Waals surface area contributed by atoms with Gasteiger partial charge in [0.1, 0.15) is 6.54 Å². The minimum atomic E-state index is 0.519. The van der Waals surface area contributed by atoms with Crippen molar-refractivity contribution in [1.82, 2.24) is 14.8 Å². The first-order valence-corrected chi connectivity index (χ1v) is 6.11. The second-order valence-corrected chi connectivity index (χ2v) is 4.24. The number of aryl methyl sites for hydroxylation is 1. The summed E-state index contributed by atoms with van der Waals surface area (Å²) in [5.41, 5.74) is 1.67. The molecule has 0 bridgehead atoms. The second-order valence-electron chi connectivity index (χ2n) is 4.24. The van der Waals surface area contributed by atoms with Crippen molar-refractivity contribution in [2.75, 3.05) is 0 Å². The third-order valence-corrected chi connectivity index (χ3v) is 3.05. The predicted octanol–water partition coefficient (Wildman–Crippen LogP) is 2.51. The number of nitrogens with zero attached hydrogens (tertiary/aromatic N) is 4. The average molecular weight is 252 g/mol. The van der Waals surface area contributed by atoms with E-state index in [1.165, 1.54) is 0 Å². The van der Waals surface area contributed by atoms with Gasteiger partial charge in [0.25, 0.3) is 0 Å². The SMILES string of the molecule is CCc1nnc(Cn2ccc3c(C#N)cccc32)o1. The van der Waals surface area contributed by atoms with Gasteiger partial charge in [-0.25, -0.2) is 0 Å². The molecule has 0 aliphatic carbocycles. The summed E-state index contributed by atoms with van der Waals surface area (Å²) in [5.74, 6) is 1.22. The van der Waals surface area contributed by atoms with E-state index in [1.54, 1.807) is 0 Å². The third-order valence-electron chi connectivity index (χ3n) is 3.05. The molecule has 0 unspecified atom stereocenters. The van der Waals surface area contributed by atoms with Crippen molar-refractivity contribution in [1.29, 1.82) is 5.26 Å². The molecule has 0 spiro atoms. The van der Waals surface area contributed by atoms with Crippen LogP contribution in [0.5, 0.6) is 0 Å². The van der Waals surface area contributed by atoms with Gasteiger partial charge >= 0.3 is 0 Å². The molecule has 2 heterocycles. The van der Waals surface area contributed by atoms with E-state index in [0.717, 1.165) is 17.3 Å². The Bertz CT molecular complexity index is 763. The van der Waals surface area contributed by atoms with Crippen LogP contribution in [0.2, 0.25) is 0 Å². The van der Waals surface area contributed by atoms with Gasteiger partial charge in [0.05, 0.1) is 11.6 Å². The van der Waals surface area contributed by atoms with Crippen LogP contribution in [0.15, 0.2) is 34.9 Å². The predicted molar refractivity (Wildman–Crippen MR) is 69.4 cm³/mol. The summed E-state index contributed by atoms with van der Waals surface area (Å²) in [6, 6.07) is 9.80. The van der Waals surface area contributed by atoms with Gasteiger partial charge in [-0.1, -0.05) is 13.0 Å². The highest BCUT2D eigenvalue weighted by atomic mass is 16.4. The number of hydrogen-bond donors (Lipinski definition) is 0. The van der Waals surface area contributed by atoms with Crippen molar-refractivity contribution in [3.8, 4) is 6.07 Å². The lowest BCUT2D eigenvalue weighted by Crippen LogP contribution is -1.98. The first-order valence-electron chi connectivity index (χ1n) is 6.11. The highest BCUT2D eigenvalue weighted by Gasteiger charge is 2.09. The van der Waals surface area contributed by atoms with E-state index in [9.17, 15) is 0 Å². The van der Waals surface area contributed by atoms with Crippen molar-refractivity contribution in [3.05, 3.63) is 47.8 Å². The maximum Gasteiger partial charge on any atom is 0.236 e. The molecule has 0 N–H and O–H groups in total. The lowest BCUT2D eigenvalue weighted by atomic mass is 10.1. The molecule has 0 aliphatic rings. The molecule has 94 valence electrons. The molecule has 2 aromatic heterocycles. The molecule has 0 saturated heterocycles. The number of fused-ring (bicyclic) bond motifs is 1. The number of nitriles is 1. The molecule has 0 saturated carbocycles. The highest BCUT2D eigenvalue weighted by Crippen LogP contribution is 2.20. The number of rotatable bonds is 3. The van der Waals surface area contributed by atoms with Gasteiger partial charge in [0.15, 0.2) is 0 Å². The normalized spacial score (nSPS) is 10.7. The summed E-state index contributed by atoms with van der Waals surface area (Å²) in [5, 5.41) is 18.0. The minimum Gasteiger partial charge on any atom is -0.423 e. The highest BCUT2D eigenvalue weighted by molar-refractivity contribution is 5.86. The molecule has 0 radical (unpaired) electrons. The van der Waals surface area contributed by atoms with Crippen LogP contribution >= 0.6 is 0 Å². The fourth-order valence-corrected chi connectivity index (χ4v) is 2.10. The Kier molecular flexibility index (Phi) is 2.76. The Morgan fingerprint density at radius 1 is 1.26 bits per heavy atom. The smallest absolute Gasteiger partial charge is 0.236 e. The first kappa shape index (κ1) is 11.5. The van der Waals surface area contributed by atoms with Gasteiger partial charge in [0.2, 0.25) is 11.8 Å². The summed E-state index contributed by atoms with van der Waals surface area (Å²) in [7, 11) is 0. The van der Waals surface area contributed by atoms with Crippen LogP contribution in [0.4, 0.5) is 0 Å². The fourth-order valence-electron chi connectivity index (χ4n) is 2.10. The van der Waals surface area contributed by atoms with Gasteiger partial charge in [-0.15, -0.1) is 10.2 Å². The van der Waals surface area contributed by atoms with Crippen LogP contribution in [-0.4, -0.2) is 14.8 Å². The van der Waals surface area contributed by atoms with Crippen LogP contribution in [0, 0.1) is 11.3 Å². The van der Waals surface area contributed by atoms with E-state index in [0.29, 0.717) is 23.9 Å². The third kappa shape index (κ3) is 1.97. The molecular formula is C14H12N4O. The van der Waals surface area contributed by atoms with E-state index in [1.807, 2.05) is 42.0 Å². The molecule has 1 aromatic carbocycles. The Morgan fingerprint density at radius 2 is 2.11 bits per heavy atom. The standard InChI is InChI=1S/C14H12N4O/c1-2-13-16-17-14(19-13)9-18-7-6-11-10(8-15)4-3-5-12(11)18/h3-7H,2,9H2,1H3. The van der Waals surface area contributed by atoms with Crippen LogP contribution in [0.25, 0.3) is 10.9 Å². The maximum absolute atomic E-state index is 9.07. The largest absolute Gasteiger partial charge is 0.423 e. The van der Waals surface area contributed by atoms with Gasteiger partial charge in [-0.3, -0.25) is 0 Å². The molecule has 5 heteroatoms. The minimum absolute atomic E-state index is 0.519. The molecule has 0 atom stereocenters. The first-order chi connectivity index (χ1) is 9.31. The van der Waals surface area contributed by atoms with Crippen molar-refractivity contribution >= 4 is 10.9 Å². The summed E-state index contributed by atoms with van der Waals surface area (Å²) in [4.78, 5) is 0. The van der Waals surface area contributed by atoms with E-state index >= 15 is 0 Å². The average Bonchev–Trinajstić information content (AvgIpc) is 3.06. The van der Waals surface area contributed by atoms with Crippen molar-refractivity contribution in [2.45, 2.75) is 19.9 Å². The summed E-state index contributed by atoms with van der Waals surface area (Å²) in [6.07, 6.45) is 2.67. The van der Waals surface area contributed by atoms with Gasteiger partial charge in [-0.2, -0.15) is 5.26 Å². The van der Waals surface area contributed by atoms with Gasteiger partial charge < -0.3 is 8.98 Å². The zero-order chi connectivity index (χ0) is 13.2. The summed E-state index contributed by atoms with van der Waals surface area (Å²) >= 11 is 0. The van der Waals surface area contributed by atoms with E-state index in [4.69, 9.17) is 9.68 Å². The quantitative estimate of drug-likeness (QED) is 0.718. The number of aromatic nitrogens is 3. The van der Waals surface area contributed by atoms with Crippen LogP contribution < -0.4 is 0 Å². The summed E-state index contributed by atoms with van der Waals surface area (Å²) in [6.45, 7) is 2.49. The van der Waals surface area contributed by atoms with Crippen molar-refractivity contribution in [2.24, 2.45) is 0 Å². The molecule has 19 heavy (non-hydrogen) atoms. The van der Waals surface area contributed by atoms with Crippen molar-refractivity contribution < 1.29 is 4.42 Å². The molecule has 3 rings (SSSR count). The second kappa shape index (κ2) is 4.58. The Morgan fingerprint density at radius 3 is 2.84 bits per heavy atom.